The van der Waals surface area contributed by atoms with Crippen LogP contribution in [0.4, 0.5) is 5.69 Å². The van der Waals surface area contributed by atoms with E-state index in [0.29, 0.717) is 26.1 Å². The number of anilines is 1. The van der Waals surface area contributed by atoms with Gasteiger partial charge in [-0.05, 0) is 24.6 Å². The van der Waals surface area contributed by atoms with Gasteiger partial charge in [0.2, 0.25) is 5.91 Å². The highest BCUT2D eigenvalue weighted by Gasteiger charge is 2.21. The van der Waals surface area contributed by atoms with Crippen molar-refractivity contribution in [3.05, 3.63) is 29.8 Å². The summed E-state index contributed by atoms with van der Waals surface area (Å²) in [5, 5.41) is 0. The third-order valence-electron chi connectivity index (χ3n) is 2.93. The van der Waals surface area contributed by atoms with Crippen molar-refractivity contribution in [3.63, 3.8) is 0 Å². The molecule has 17 heavy (non-hydrogen) atoms. The lowest BCUT2D eigenvalue weighted by Gasteiger charge is -2.31. The van der Waals surface area contributed by atoms with Crippen molar-refractivity contribution in [2.45, 2.75) is 19.4 Å². The summed E-state index contributed by atoms with van der Waals surface area (Å²) >= 11 is 0. The van der Waals surface area contributed by atoms with Crippen molar-refractivity contribution < 1.29 is 9.53 Å². The molecule has 0 radical (unpaired) electrons. The maximum atomic E-state index is 12.0. The molecular weight excluding hydrogens is 216 g/mol. The standard InChI is InChI=1S/C13H18N2O2/c1-10-9-15(6-7-17-10)13(16)8-11-2-4-12(14)5-3-11/h2-5,10H,6-9,14H2,1H3. The van der Waals surface area contributed by atoms with Gasteiger partial charge in [0.25, 0.3) is 0 Å². The summed E-state index contributed by atoms with van der Waals surface area (Å²) in [7, 11) is 0. The second-order valence-electron chi connectivity index (χ2n) is 4.44. The number of nitrogen functional groups attached to an aromatic ring is 1. The topological polar surface area (TPSA) is 55.6 Å². The van der Waals surface area contributed by atoms with Crippen molar-refractivity contribution in [2.75, 3.05) is 25.4 Å². The summed E-state index contributed by atoms with van der Waals surface area (Å²) in [4.78, 5) is 13.9. The van der Waals surface area contributed by atoms with E-state index in [-0.39, 0.29) is 12.0 Å². The van der Waals surface area contributed by atoms with E-state index in [1.54, 1.807) is 0 Å². The molecule has 1 amide bonds. The number of carbonyl (C=O) groups is 1. The summed E-state index contributed by atoms with van der Waals surface area (Å²) in [6.07, 6.45) is 0.576. The molecule has 1 aromatic rings. The highest BCUT2D eigenvalue weighted by atomic mass is 16.5. The van der Waals surface area contributed by atoms with Crippen molar-refractivity contribution in [3.8, 4) is 0 Å². The molecule has 2 rings (SSSR count). The van der Waals surface area contributed by atoms with Crippen LogP contribution in [0.1, 0.15) is 12.5 Å². The highest BCUT2D eigenvalue weighted by Crippen LogP contribution is 2.10. The van der Waals surface area contributed by atoms with Gasteiger partial charge in [0, 0.05) is 18.8 Å². The van der Waals surface area contributed by atoms with E-state index in [1.165, 1.54) is 0 Å². The number of rotatable bonds is 2. The van der Waals surface area contributed by atoms with Gasteiger partial charge in [-0.3, -0.25) is 4.79 Å². The fourth-order valence-corrected chi connectivity index (χ4v) is 1.97. The summed E-state index contributed by atoms with van der Waals surface area (Å²) in [5.74, 6) is 0.157. The van der Waals surface area contributed by atoms with Crippen LogP contribution in [0.15, 0.2) is 24.3 Å². The second kappa shape index (κ2) is 5.19. The first kappa shape index (κ1) is 11.9. The van der Waals surface area contributed by atoms with E-state index in [4.69, 9.17) is 10.5 Å². The molecule has 1 aliphatic heterocycles. The molecular formula is C13H18N2O2. The normalized spacial score (nSPS) is 20.3. The number of ether oxygens (including phenoxy) is 1. The molecule has 4 heteroatoms. The molecule has 1 fully saturated rings. The van der Waals surface area contributed by atoms with E-state index in [2.05, 4.69) is 0 Å². The Labute approximate surface area is 101 Å². The molecule has 0 aromatic heterocycles. The number of hydrogen-bond donors (Lipinski definition) is 1. The van der Waals surface area contributed by atoms with Crippen LogP contribution in [0.2, 0.25) is 0 Å². The van der Waals surface area contributed by atoms with Crippen LogP contribution in [0.25, 0.3) is 0 Å². The zero-order valence-corrected chi connectivity index (χ0v) is 10.1. The Morgan fingerprint density at radius 1 is 1.47 bits per heavy atom. The Morgan fingerprint density at radius 2 is 2.18 bits per heavy atom. The minimum atomic E-state index is 0.138. The molecule has 4 nitrogen and oxygen atoms in total. The first-order valence-electron chi connectivity index (χ1n) is 5.89. The van der Waals surface area contributed by atoms with Gasteiger partial charge in [-0.1, -0.05) is 12.1 Å². The Morgan fingerprint density at radius 3 is 2.82 bits per heavy atom. The fourth-order valence-electron chi connectivity index (χ4n) is 1.97. The van der Waals surface area contributed by atoms with E-state index in [0.717, 1.165) is 11.3 Å². The minimum Gasteiger partial charge on any atom is -0.399 e. The maximum absolute atomic E-state index is 12.0. The number of benzene rings is 1. The smallest absolute Gasteiger partial charge is 0.227 e. The van der Waals surface area contributed by atoms with Gasteiger partial charge >= 0.3 is 0 Å². The summed E-state index contributed by atoms with van der Waals surface area (Å²) in [6.45, 7) is 4.00. The van der Waals surface area contributed by atoms with Crippen LogP contribution in [-0.4, -0.2) is 36.6 Å². The molecule has 2 N–H and O–H groups in total. The third kappa shape index (κ3) is 3.20. The van der Waals surface area contributed by atoms with Crippen LogP contribution < -0.4 is 5.73 Å². The second-order valence-corrected chi connectivity index (χ2v) is 4.44. The molecule has 0 saturated carbocycles. The zero-order valence-electron chi connectivity index (χ0n) is 10.1. The molecule has 1 saturated heterocycles. The SMILES string of the molecule is CC1CN(C(=O)Cc2ccc(N)cc2)CCO1. The van der Waals surface area contributed by atoms with Gasteiger partial charge in [-0.2, -0.15) is 0 Å². The number of nitrogens with zero attached hydrogens (tertiary/aromatic N) is 1. The van der Waals surface area contributed by atoms with E-state index >= 15 is 0 Å². The number of carbonyl (C=O) groups excluding carboxylic acids is 1. The summed E-state index contributed by atoms with van der Waals surface area (Å²) in [6, 6.07) is 7.45. The fraction of sp³-hybridized carbons (Fsp3) is 0.462. The quantitative estimate of drug-likeness (QED) is 0.778. The van der Waals surface area contributed by atoms with Gasteiger partial charge in [0.05, 0.1) is 19.1 Å². The molecule has 0 bridgehead atoms. The highest BCUT2D eigenvalue weighted by molar-refractivity contribution is 5.79. The van der Waals surface area contributed by atoms with Gasteiger partial charge in [-0.15, -0.1) is 0 Å². The molecule has 1 unspecified atom stereocenters. The molecule has 1 aromatic carbocycles. The van der Waals surface area contributed by atoms with Crippen LogP contribution in [0.5, 0.6) is 0 Å². The van der Waals surface area contributed by atoms with E-state index in [1.807, 2.05) is 36.1 Å². The van der Waals surface area contributed by atoms with Crippen molar-refractivity contribution >= 4 is 11.6 Å². The lowest BCUT2D eigenvalue weighted by atomic mass is 10.1. The maximum Gasteiger partial charge on any atom is 0.227 e. The Kier molecular flexibility index (Phi) is 3.64. The third-order valence-corrected chi connectivity index (χ3v) is 2.93. The van der Waals surface area contributed by atoms with Crippen LogP contribution in [-0.2, 0) is 16.0 Å². The number of nitrogens with two attached hydrogens (primary N) is 1. The average molecular weight is 234 g/mol. The lowest BCUT2D eigenvalue weighted by molar-refractivity contribution is -0.137. The lowest BCUT2D eigenvalue weighted by Crippen LogP contribution is -2.45. The number of amides is 1. The predicted octanol–water partition coefficient (Wildman–Crippen LogP) is 1.06. The molecule has 1 heterocycles. The van der Waals surface area contributed by atoms with Crippen molar-refractivity contribution in [1.82, 2.24) is 4.90 Å². The number of hydrogen-bond acceptors (Lipinski definition) is 3. The monoisotopic (exact) mass is 234 g/mol. The Bertz CT molecular complexity index is 389. The summed E-state index contributed by atoms with van der Waals surface area (Å²) in [5.41, 5.74) is 7.33. The van der Waals surface area contributed by atoms with E-state index in [9.17, 15) is 4.79 Å². The zero-order chi connectivity index (χ0) is 12.3. The van der Waals surface area contributed by atoms with Gasteiger partial charge in [-0.25, -0.2) is 0 Å². The van der Waals surface area contributed by atoms with Crippen LogP contribution >= 0.6 is 0 Å². The predicted molar refractivity (Wildman–Crippen MR) is 66.6 cm³/mol. The Balaban J connectivity index is 1.94. The molecule has 0 spiro atoms. The van der Waals surface area contributed by atoms with Crippen LogP contribution in [0.3, 0.4) is 0 Å². The Hall–Kier alpha value is -1.55. The van der Waals surface area contributed by atoms with Crippen LogP contribution in [0, 0.1) is 0 Å². The average Bonchev–Trinajstić information content (AvgIpc) is 2.32. The molecule has 92 valence electrons. The van der Waals surface area contributed by atoms with Crippen molar-refractivity contribution in [2.24, 2.45) is 0 Å². The molecule has 1 aliphatic rings. The molecule has 1 atom stereocenters. The molecule has 0 aliphatic carbocycles. The van der Waals surface area contributed by atoms with E-state index < -0.39 is 0 Å². The van der Waals surface area contributed by atoms with Gasteiger partial charge in [0.15, 0.2) is 0 Å². The first-order valence-corrected chi connectivity index (χ1v) is 5.89. The first-order chi connectivity index (χ1) is 8.15. The minimum absolute atomic E-state index is 0.138. The van der Waals surface area contributed by atoms with Gasteiger partial charge < -0.3 is 15.4 Å². The number of morpholine rings is 1. The largest absolute Gasteiger partial charge is 0.399 e. The summed E-state index contributed by atoms with van der Waals surface area (Å²) < 4.78 is 5.41. The van der Waals surface area contributed by atoms with Gasteiger partial charge in [0.1, 0.15) is 0 Å². The van der Waals surface area contributed by atoms with Crippen molar-refractivity contribution in [1.29, 1.82) is 0 Å².